The first-order valence-corrected chi connectivity index (χ1v) is 22.4. The molecule has 17 heteroatoms. The summed E-state index contributed by atoms with van der Waals surface area (Å²) < 4.78 is 38.4. The number of piperazine rings is 2. The molecule has 0 radical (unpaired) electrons. The summed E-state index contributed by atoms with van der Waals surface area (Å²) in [7, 11) is 0. The molecule has 15 nitrogen and oxygen atoms in total. The van der Waals surface area contributed by atoms with Crippen LogP contribution in [0.2, 0.25) is 0 Å². The van der Waals surface area contributed by atoms with Crippen molar-refractivity contribution in [1.82, 2.24) is 19.6 Å². The normalized spacial score (nSPS) is 18.9. The summed E-state index contributed by atoms with van der Waals surface area (Å²) in [5, 5.41) is 41.7. The molecule has 0 aromatic heterocycles. The average Bonchev–Trinajstić information content (AvgIpc) is 3.22. The summed E-state index contributed by atoms with van der Waals surface area (Å²) in [6, 6.07) is 22.9. The Morgan fingerprint density at radius 3 is 1.57 bits per heavy atom. The quantitative estimate of drug-likeness (QED) is 0.107. The molecule has 0 aliphatic carbocycles. The van der Waals surface area contributed by atoms with Crippen molar-refractivity contribution in [3.05, 3.63) is 131 Å². The second-order valence-electron chi connectivity index (χ2n) is 19.2. The molecule has 0 saturated carbocycles. The summed E-state index contributed by atoms with van der Waals surface area (Å²) in [5.41, 5.74) is 14.0. The molecule has 2 aliphatic rings. The summed E-state index contributed by atoms with van der Waals surface area (Å²) in [5.74, 6) is -2.14. The number of nitrogens with two attached hydrogens (primary N) is 2. The van der Waals surface area contributed by atoms with Crippen LogP contribution in [-0.2, 0) is 40.2 Å². The van der Waals surface area contributed by atoms with E-state index in [0.29, 0.717) is 43.9 Å². The number of hydrogen-bond acceptors (Lipinski definition) is 12. The predicted molar refractivity (Wildman–Crippen MR) is 249 cm³/mol. The molecule has 364 valence electrons. The molecule has 6 atom stereocenters. The van der Waals surface area contributed by atoms with Gasteiger partial charge in [0.1, 0.15) is 40.4 Å². The number of carbonyl (C=O) groups excluding carboxylic acids is 3. The minimum Gasteiger partial charge on any atom is -0.508 e. The van der Waals surface area contributed by atoms with E-state index in [0.717, 1.165) is 23.3 Å². The molecule has 2 aliphatic heterocycles. The Kier molecular flexibility index (Phi) is 17.7. The van der Waals surface area contributed by atoms with Crippen LogP contribution in [0.3, 0.4) is 0 Å². The Morgan fingerprint density at radius 1 is 0.642 bits per heavy atom. The lowest BCUT2D eigenvalue weighted by molar-refractivity contribution is -0.148. The highest BCUT2D eigenvalue weighted by atomic mass is 19.1. The lowest BCUT2D eigenvalue weighted by Gasteiger charge is -2.44. The molecule has 0 spiro atoms. The van der Waals surface area contributed by atoms with Gasteiger partial charge in [-0.2, -0.15) is 0 Å². The zero-order valence-electron chi connectivity index (χ0n) is 39.1. The van der Waals surface area contributed by atoms with Crippen LogP contribution in [0.5, 0.6) is 11.5 Å². The number of ether oxygens (including phenoxy) is 2. The monoisotopic (exact) mass is 932 g/mol. The SMILES string of the molecule is CC(C)(C)OC(=O)N1CCN(Cc2ccccc2)C(=O)[C@@H]1[C@@H](O)[C@@H](N)Cc1cc(O)cc(F)c1.CC(C)(C)OC(=O)N1CCN(Cc2ccccc2)C[C@@H]1[C@@H](O)[C@@H](N)Cc1cc(O)cc(F)c1. The third-order valence-electron chi connectivity index (χ3n) is 11.2. The number of rotatable bonds is 12. The molecule has 0 bridgehead atoms. The highest BCUT2D eigenvalue weighted by Crippen LogP contribution is 2.26. The molecule has 3 amide bonds. The fourth-order valence-electron chi connectivity index (χ4n) is 8.12. The van der Waals surface area contributed by atoms with Gasteiger partial charge in [-0.1, -0.05) is 60.7 Å². The molecular formula is C50H66F2N6O9. The fourth-order valence-corrected chi connectivity index (χ4v) is 8.12. The van der Waals surface area contributed by atoms with E-state index in [9.17, 15) is 43.6 Å². The van der Waals surface area contributed by atoms with Crippen LogP contribution in [0.1, 0.15) is 63.8 Å². The first-order chi connectivity index (χ1) is 31.5. The number of nitrogens with zero attached hydrogens (tertiary/aromatic N) is 4. The maximum atomic E-state index is 13.7. The van der Waals surface area contributed by atoms with Gasteiger partial charge >= 0.3 is 12.2 Å². The summed E-state index contributed by atoms with van der Waals surface area (Å²) in [4.78, 5) is 45.8. The Bertz CT molecular complexity index is 2220. The topological polar surface area (TPSA) is 216 Å². The van der Waals surface area contributed by atoms with Crippen molar-refractivity contribution in [2.75, 3.05) is 32.7 Å². The van der Waals surface area contributed by atoms with Crippen molar-refractivity contribution < 1.29 is 53.1 Å². The average molecular weight is 933 g/mol. The van der Waals surface area contributed by atoms with Crippen LogP contribution in [0.25, 0.3) is 0 Å². The van der Waals surface area contributed by atoms with Gasteiger partial charge in [0.15, 0.2) is 0 Å². The molecule has 8 N–H and O–H groups in total. The highest BCUT2D eigenvalue weighted by molar-refractivity contribution is 5.87. The maximum Gasteiger partial charge on any atom is 0.411 e. The number of carbonyl (C=O) groups is 3. The summed E-state index contributed by atoms with van der Waals surface area (Å²) >= 11 is 0. The molecular weight excluding hydrogens is 867 g/mol. The first kappa shape index (κ1) is 52.1. The number of amides is 3. The van der Waals surface area contributed by atoms with Crippen molar-refractivity contribution in [3.63, 3.8) is 0 Å². The van der Waals surface area contributed by atoms with Gasteiger partial charge in [0.25, 0.3) is 0 Å². The molecule has 67 heavy (non-hydrogen) atoms. The zero-order valence-corrected chi connectivity index (χ0v) is 39.1. The third-order valence-corrected chi connectivity index (χ3v) is 11.2. The number of aromatic hydroxyl groups is 2. The van der Waals surface area contributed by atoms with Crippen LogP contribution in [0, 0.1) is 11.6 Å². The van der Waals surface area contributed by atoms with Crippen molar-refractivity contribution in [2.45, 2.75) is 115 Å². The minimum absolute atomic E-state index is 0.0168. The molecule has 0 unspecified atom stereocenters. The number of aliphatic hydroxyl groups is 2. The van der Waals surface area contributed by atoms with Gasteiger partial charge in [-0.15, -0.1) is 0 Å². The standard InChI is InChI=1S/C25H32FN3O5.C25H34FN3O4/c1-25(2,3)34-24(33)29-10-9-28(15-16-7-5-4-6-8-16)23(32)21(29)22(31)20(27)13-17-11-18(26)14-19(30)12-17;1-25(2,3)33-24(32)29-10-9-28(15-17-7-5-4-6-8-17)16-22(29)23(31)21(27)13-18-11-19(26)14-20(30)12-18/h4-8,11-12,14,20-22,30-31H,9-10,13,15,27H2,1-3H3;4-8,11-12,14,21-23,30-31H,9-10,13,15-16,27H2,1-3H3/t20-,21-,22-;21-,22+,23-/m00/s1. The van der Waals surface area contributed by atoms with Gasteiger partial charge in [-0.25, -0.2) is 18.4 Å². The number of aliphatic hydroxyl groups excluding tert-OH is 2. The Morgan fingerprint density at radius 2 is 1.09 bits per heavy atom. The van der Waals surface area contributed by atoms with Crippen molar-refractivity contribution >= 4 is 18.1 Å². The van der Waals surface area contributed by atoms with Gasteiger partial charge in [-0.3, -0.25) is 19.5 Å². The lowest BCUT2D eigenvalue weighted by atomic mass is 9.94. The zero-order chi connectivity index (χ0) is 49.2. The predicted octanol–water partition coefficient (Wildman–Crippen LogP) is 5.29. The van der Waals surface area contributed by atoms with Gasteiger partial charge < -0.3 is 46.3 Å². The molecule has 2 saturated heterocycles. The number of phenolic OH excluding ortho intramolecular Hbond substituents is 2. The maximum absolute atomic E-state index is 13.7. The van der Waals surface area contributed by atoms with Gasteiger partial charge in [-0.05, 0) is 101 Å². The summed E-state index contributed by atoms with van der Waals surface area (Å²) in [6.07, 6.45) is -3.63. The minimum atomic E-state index is -1.45. The lowest BCUT2D eigenvalue weighted by Crippen LogP contribution is -2.65. The van der Waals surface area contributed by atoms with E-state index in [1.54, 1.807) is 51.3 Å². The van der Waals surface area contributed by atoms with E-state index in [1.165, 1.54) is 29.2 Å². The van der Waals surface area contributed by atoms with Crippen LogP contribution >= 0.6 is 0 Å². The third kappa shape index (κ3) is 15.6. The van der Waals surface area contributed by atoms with E-state index in [4.69, 9.17) is 20.9 Å². The van der Waals surface area contributed by atoms with Gasteiger partial charge in [0.2, 0.25) is 5.91 Å². The second-order valence-corrected chi connectivity index (χ2v) is 19.2. The van der Waals surface area contributed by atoms with Crippen molar-refractivity contribution in [2.24, 2.45) is 11.5 Å². The molecule has 2 heterocycles. The van der Waals surface area contributed by atoms with Gasteiger partial charge in [0.05, 0.1) is 18.2 Å². The Balaban J connectivity index is 0.000000251. The van der Waals surface area contributed by atoms with E-state index in [2.05, 4.69) is 4.90 Å². The largest absolute Gasteiger partial charge is 0.508 e. The fraction of sp³-hybridized carbons (Fsp3) is 0.460. The van der Waals surface area contributed by atoms with Crippen molar-refractivity contribution in [1.29, 1.82) is 0 Å². The van der Waals surface area contributed by atoms with E-state index < -0.39 is 77.3 Å². The van der Waals surface area contributed by atoms with E-state index in [1.807, 2.05) is 60.7 Å². The van der Waals surface area contributed by atoms with E-state index in [-0.39, 0.29) is 37.4 Å². The molecule has 2 fully saturated rings. The van der Waals surface area contributed by atoms with Crippen LogP contribution in [0.4, 0.5) is 18.4 Å². The van der Waals surface area contributed by atoms with Crippen LogP contribution in [0.15, 0.2) is 97.1 Å². The van der Waals surface area contributed by atoms with Gasteiger partial charge in [0, 0.05) is 70.0 Å². The number of halogens is 2. The molecule has 4 aromatic rings. The summed E-state index contributed by atoms with van der Waals surface area (Å²) in [6.45, 7) is 13.4. The van der Waals surface area contributed by atoms with Crippen molar-refractivity contribution in [3.8, 4) is 11.5 Å². The van der Waals surface area contributed by atoms with Crippen LogP contribution in [-0.4, -0.2) is 138 Å². The Hall–Kier alpha value is -5.85. The molecule has 6 rings (SSSR count). The number of phenols is 2. The molecule has 4 aromatic carbocycles. The van der Waals surface area contributed by atoms with Crippen LogP contribution < -0.4 is 11.5 Å². The smallest absolute Gasteiger partial charge is 0.411 e. The Labute approximate surface area is 391 Å². The van der Waals surface area contributed by atoms with E-state index >= 15 is 0 Å². The second kappa shape index (κ2) is 22.8. The number of benzene rings is 4. The highest BCUT2D eigenvalue weighted by Gasteiger charge is 2.45. The first-order valence-electron chi connectivity index (χ1n) is 22.4. The number of hydrogen-bond donors (Lipinski definition) is 6.